The molecule has 0 radical (unpaired) electrons. The second-order valence-electron chi connectivity index (χ2n) is 6.58. The normalized spacial score (nSPS) is 16.9. The number of nitrogens with zero attached hydrogens (tertiary/aromatic N) is 1. The van der Waals surface area contributed by atoms with Crippen molar-refractivity contribution in [1.82, 2.24) is 0 Å². The molecule has 0 aromatic heterocycles. The van der Waals surface area contributed by atoms with Gasteiger partial charge in [-0.15, -0.1) is 0 Å². The van der Waals surface area contributed by atoms with Gasteiger partial charge in [-0.3, -0.25) is 14.9 Å². The Balaban J connectivity index is 2.44. The first-order chi connectivity index (χ1) is 10.5. The predicted molar refractivity (Wildman–Crippen MR) is 77.6 cm³/mol. The lowest BCUT2D eigenvalue weighted by Gasteiger charge is -2.26. The van der Waals surface area contributed by atoms with E-state index in [0.29, 0.717) is 0 Å². The van der Waals surface area contributed by atoms with Crippen LogP contribution in [0.3, 0.4) is 0 Å². The first-order valence-corrected chi connectivity index (χ1v) is 7.38. The van der Waals surface area contributed by atoms with Gasteiger partial charge in [-0.2, -0.15) is 13.2 Å². The van der Waals surface area contributed by atoms with E-state index in [9.17, 15) is 28.1 Å². The van der Waals surface area contributed by atoms with Gasteiger partial charge < -0.3 is 0 Å². The fourth-order valence-electron chi connectivity index (χ4n) is 2.71. The smallest absolute Gasteiger partial charge is 0.299 e. The minimum absolute atomic E-state index is 0.0483. The summed E-state index contributed by atoms with van der Waals surface area (Å²) in [6.07, 6.45) is -2.60. The van der Waals surface area contributed by atoms with E-state index in [1.807, 2.05) is 0 Å². The number of carbonyl (C=O) groups excluding carboxylic acids is 1. The molecule has 1 aromatic rings. The molecule has 0 amide bonds. The number of carbonyl (C=O) groups is 1. The van der Waals surface area contributed by atoms with Gasteiger partial charge in [0.05, 0.1) is 5.56 Å². The van der Waals surface area contributed by atoms with Crippen LogP contribution in [0.2, 0.25) is 0 Å². The monoisotopic (exact) mass is 329 g/mol. The molecule has 0 spiro atoms. The van der Waals surface area contributed by atoms with Crippen molar-refractivity contribution in [3.63, 3.8) is 0 Å². The molecule has 4 nitrogen and oxygen atoms in total. The van der Waals surface area contributed by atoms with Crippen molar-refractivity contribution in [3.8, 4) is 0 Å². The van der Waals surface area contributed by atoms with Crippen LogP contribution >= 0.6 is 0 Å². The van der Waals surface area contributed by atoms with E-state index in [2.05, 4.69) is 0 Å². The van der Waals surface area contributed by atoms with Crippen LogP contribution in [0.25, 0.3) is 0 Å². The van der Waals surface area contributed by atoms with Gasteiger partial charge in [0.1, 0.15) is 11.7 Å². The fourth-order valence-corrected chi connectivity index (χ4v) is 2.71. The number of hydrogen-bond donors (Lipinski definition) is 0. The molecular formula is C16H18F3NO3. The Bertz CT molecular complexity index is 621. The third-order valence-electron chi connectivity index (χ3n) is 4.23. The van der Waals surface area contributed by atoms with E-state index in [0.717, 1.165) is 25.0 Å². The SMILES string of the molecule is CC(C)(C(C(=O)CC1CC1)c1cccc(C(F)(F)F)c1)[N+](=O)[O-]. The number of halogens is 3. The van der Waals surface area contributed by atoms with Crippen LogP contribution in [0.5, 0.6) is 0 Å². The average molecular weight is 329 g/mol. The number of Topliss-reactive ketones (excluding diaryl/α,β-unsaturated/α-hetero) is 1. The molecule has 23 heavy (non-hydrogen) atoms. The molecule has 0 heterocycles. The van der Waals surface area contributed by atoms with Gasteiger partial charge in [0, 0.05) is 25.2 Å². The second kappa shape index (κ2) is 5.94. The van der Waals surface area contributed by atoms with E-state index >= 15 is 0 Å². The summed E-state index contributed by atoms with van der Waals surface area (Å²) in [6, 6.07) is 4.29. The molecular weight excluding hydrogens is 311 g/mol. The molecule has 0 saturated heterocycles. The zero-order valence-electron chi connectivity index (χ0n) is 12.9. The van der Waals surface area contributed by atoms with Gasteiger partial charge in [0.2, 0.25) is 5.54 Å². The van der Waals surface area contributed by atoms with E-state index < -0.39 is 28.1 Å². The lowest BCUT2D eigenvalue weighted by Crippen LogP contribution is -2.42. The summed E-state index contributed by atoms with van der Waals surface area (Å²) < 4.78 is 38.7. The maximum atomic E-state index is 12.9. The van der Waals surface area contributed by atoms with Crippen LogP contribution in [0.15, 0.2) is 24.3 Å². The van der Waals surface area contributed by atoms with E-state index in [1.54, 1.807) is 0 Å². The highest BCUT2D eigenvalue weighted by Gasteiger charge is 2.47. The summed E-state index contributed by atoms with van der Waals surface area (Å²) >= 11 is 0. The van der Waals surface area contributed by atoms with E-state index in [-0.39, 0.29) is 23.7 Å². The topological polar surface area (TPSA) is 60.2 Å². The Morgan fingerprint density at radius 3 is 2.43 bits per heavy atom. The third kappa shape index (κ3) is 3.89. The quantitative estimate of drug-likeness (QED) is 0.580. The highest BCUT2D eigenvalue weighted by Crippen LogP contribution is 2.40. The highest BCUT2D eigenvalue weighted by atomic mass is 19.4. The number of nitro groups is 1. The minimum Gasteiger partial charge on any atom is -0.299 e. The lowest BCUT2D eigenvalue weighted by molar-refractivity contribution is -0.562. The average Bonchev–Trinajstić information content (AvgIpc) is 3.21. The van der Waals surface area contributed by atoms with Gasteiger partial charge in [-0.05, 0) is 30.4 Å². The van der Waals surface area contributed by atoms with Crippen LogP contribution in [0, 0.1) is 16.0 Å². The summed E-state index contributed by atoms with van der Waals surface area (Å²) in [7, 11) is 0. The van der Waals surface area contributed by atoms with Crippen molar-refractivity contribution in [2.75, 3.05) is 0 Å². The first kappa shape index (κ1) is 17.4. The Morgan fingerprint density at radius 2 is 1.96 bits per heavy atom. The van der Waals surface area contributed by atoms with Crippen LogP contribution in [-0.2, 0) is 11.0 Å². The fraction of sp³-hybridized carbons (Fsp3) is 0.562. The van der Waals surface area contributed by atoms with Crippen LogP contribution in [0.1, 0.15) is 50.2 Å². The Morgan fingerprint density at radius 1 is 1.35 bits per heavy atom. The Hall–Kier alpha value is -1.92. The molecule has 1 aliphatic rings. The van der Waals surface area contributed by atoms with Gasteiger partial charge >= 0.3 is 6.18 Å². The van der Waals surface area contributed by atoms with E-state index in [1.165, 1.54) is 26.0 Å². The van der Waals surface area contributed by atoms with Crippen molar-refractivity contribution in [1.29, 1.82) is 0 Å². The largest absolute Gasteiger partial charge is 0.416 e. The van der Waals surface area contributed by atoms with Gasteiger partial charge in [0.25, 0.3) is 0 Å². The summed E-state index contributed by atoms with van der Waals surface area (Å²) in [4.78, 5) is 23.3. The molecule has 7 heteroatoms. The molecule has 1 saturated carbocycles. The molecule has 1 aromatic carbocycles. The Labute approximate surface area is 131 Å². The molecule has 2 rings (SSSR count). The second-order valence-corrected chi connectivity index (χ2v) is 6.58. The maximum absolute atomic E-state index is 12.9. The van der Waals surface area contributed by atoms with Gasteiger partial charge in [-0.1, -0.05) is 18.2 Å². The third-order valence-corrected chi connectivity index (χ3v) is 4.23. The molecule has 1 fully saturated rings. The van der Waals surface area contributed by atoms with Crippen LogP contribution in [-0.4, -0.2) is 16.2 Å². The van der Waals surface area contributed by atoms with Crippen molar-refractivity contribution in [2.45, 2.75) is 50.7 Å². The predicted octanol–water partition coefficient (Wildman–Crippen LogP) is 4.21. The van der Waals surface area contributed by atoms with Crippen LogP contribution < -0.4 is 0 Å². The highest BCUT2D eigenvalue weighted by molar-refractivity contribution is 5.87. The summed E-state index contributed by atoms with van der Waals surface area (Å²) in [5, 5.41) is 11.4. The summed E-state index contributed by atoms with van der Waals surface area (Å²) in [5.41, 5.74) is -2.53. The van der Waals surface area contributed by atoms with Crippen molar-refractivity contribution < 1.29 is 22.9 Å². The molecule has 0 aliphatic heterocycles. The standard InChI is InChI=1S/C16H18F3NO3/c1-15(2,20(22)23)14(13(21)8-10-6-7-10)11-4-3-5-12(9-11)16(17,18)19/h3-5,9-10,14H,6-8H2,1-2H3. The van der Waals surface area contributed by atoms with Crippen molar-refractivity contribution in [3.05, 3.63) is 45.5 Å². The molecule has 0 bridgehead atoms. The van der Waals surface area contributed by atoms with Gasteiger partial charge in [0.15, 0.2) is 0 Å². The first-order valence-electron chi connectivity index (χ1n) is 7.38. The molecule has 1 unspecified atom stereocenters. The molecule has 1 aliphatic carbocycles. The molecule has 126 valence electrons. The Kier molecular flexibility index (Phi) is 4.50. The number of ketones is 1. The minimum atomic E-state index is -4.56. The molecule has 1 atom stereocenters. The number of hydrogen-bond acceptors (Lipinski definition) is 3. The number of alkyl halides is 3. The van der Waals surface area contributed by atoms with Crippen molar-refractivity contribution >= 4 is 5.78 Å². The molecule has 0 N–H and O–H groups in total. The lowest BCUT2D eigenvalue weighted by atomic mass is 9.77. The van der Waals surface area contributed by atoms with Crippen molar-refractivity contribution in [2.24, 2.45) is 5.92 Å². The number of benzene rings is 1. The zero-order valence-corrected chi connectivity index (χ0v) is 12.9. The maximum Gasteiger partial charge on any atom is 0.416 e. The van der Waals surface area contributed by atoms with Gasteiger partial charge in [-0.25, -0.2) is 0 Å². The zero-order chi connectivity index (χ0) is 17.4. The number of rotatable bonds is 6. The summed E-state index contributed by atoms with van der Waals surface area (Å²) in [5.74, 6) is -1.35. The van der Waals surface area contributed by atoms with E-state index in [4.69, 9.17) is 0 Å². The summed E-state index contributed by atoms with van der Waals surface area (Å²) in [6.45, 7) is 2.56. The van der Waals surface area contributed by atoms with Crippen LogP contribution in [0.4, 0.5) is 13.2 Å².